The molecule has 166 valence electrons. The first-order valence-electron chi connectivity index (χ1n) is 10.8. The Balaban J connectivity index is 2.02. The Bertz CT molecular complexity index is 805. The second kappa shape index (κ2) is 6.81. The molecule has 7 nitrogen and oxygen atoms in total. The Morgan fingerprint density at radius 3 is 2.30 bits per heavy atom. The highest BCUT2D eigenvalue weighted by atomic mass is 16.5. The number of hydrogen-bond acceptors (Lipinski definition) is 7. The minimum Gasteiger partial charge on any atom is -0.469 e. The van der Waals surface area contributed by atoms with Gasteiger partial charge in [0.2, 0.25) is 0 Å². The number of esters is 3. The fourth-order valence-electron chi connectivity index (χ4n) is 8.18. The van der Waals surface area contributed by atoms with Gasteiger partial charge in [0.05, 0.1) is 44.2 Å². The molecule has 30 heavy (non-hydrogen) atoms. The molecule has 0 aromatic rings. The molecule has 0 radical (unpaired) electrons. The van der Waals surface area contributed by atoms with Crippen molar-refractivity contribution in [2.75, 3.05) is 21.3 Å². The van der Waals surface area contributed by atoms with Crippen molar-refractivity contribution < 1.29 is 33.7 Å². The van der Waals surface area contributed by atoms with Gasteiger partial charge in [0.25, 0.3) is 0 Å². The summed E-state index contributed by atoms with van der Waals surface area (Å²) in [6.07, 6.45) is 2.65. The van der Waals surface area contributed by atoms with Gasteiger partial charge in [-0.3, -0.25) is 14.4 Å². The van der Waals surface area contributed by atoms with Gasteiger partial charge >= 0.3 is 17.9 Å². The highest BCUT2D eigenvalue weighted by Gasteiger charge is 2.80. The number of aliphatic hydroxyl groups excluding tert-OH is 1. The maximum Gasteiger partial charge on any atom is 0.314 e. The molecular formula is C23H32O7. The molecule has 7 heteroatoms. The first kappa shape index (κ1) is 21.3. The molecule has 2 bridgehead atoms. The molecule has 4 aliphatic carbocycles. The zero-order valence-corrected chi connectivity index (χ0v) is 18.2. The number of hydrogen-bond donors (Lipinski definition) is 1. The quantitative estimate of drug-likeness (QED) is 0.425. The number of fused-ring (bicyclic) bond motifs is 3. The highest BCUT2D eigenvalue weighted by Crippen LogP contribution is 2.78. The predicted octanol–water partition coefficient (Wildman–Crippen LogP) is 2.26. The summed E-state index contributed by atoms with van der Waals surface area (Å²) in [6, 6.07) is 0. The molecule has 8 atom stereocenters. The van der Waals surface area contributed by atoms with Gasteiger partial charge in [-0.25, -0.2) is 0 Å². The van der Waals surface area contributed by atoms with Crippen LogP contribution in [-0.2, 0) is 28.6 Å². The largest absolute Gasteiger partial charge is 0.469 e. The smallest absolute Gasteiger partial charge is 0.314 e. The molecule has 1 spiro atoms. The van der Waals surface area contributed by atoms with Crippen LogP contribution in [0, 0.1) is 39.9 Å². The second-order valence-corrected chi connectivity index (χ2v) is 9.94. The van der Waals surface area contributed by atoms with Crippen LogP contribution in [0.4, 0.5) is 0 Å². The molecule has 0 aromatic heterocycles. The summed E-state index contributed by atoms with van der Waals surface area (Å²) in [5.41, 5.74) is -1.90. The lowest BCUT2D eigenvalue weighted by Gasteiger charge is -2.52. The van der Waals surface area contributed by atoms with E-state index >= 15 is 0 Å². The van der Waals surface area contributed by atoms with Crippen LogP contribution in [0.2, 0.25) is 0 Å². The molecule has 0 amide bonds. The summed E-state index contributed by atoms with van der Waals surface area (Å²) in [7, 11) is 3.96. The van der Waals surface area contributed by atoms with E-state index in [1.54, 1.807) is 6.92 Å². The molecule has 4 saturated carbocycles. The minimum atomic E-state index is -1.43. The standard InChI is InChI=1S/C23H32O7/c1-12-10-22-11-13(12)6-7-14(22)23(20(27)30-5)9-8-15(24)21(2,19(26)29-4)17(23)16(22)18(25)28-3/h13-17,24H,1,6-11H2,2-5H3/t13-,14-,15+,16-,17-,21-,22+,23-/m1/s1. The van der Waals surface area contributed by atoms with Gasteiger partial charge in [0, 0.05) is 5.92 Å². The third kappa shape index (κ3) is 2.27. The topological polar surface area (TPSA) is 99.1 Å². The van der Waals surface area contributed by atoms with Crippen molar-refractivity contribution in [2.24, 2.45) is 39.9 Å². The third-order valence-corrected chi connectivity index (χ3v) is 9.20. The molecule has 0 unspecified atom stereocenters. The average Bonchev–Trinajstić information content (AvgIpc) is 3.16. The summed E-state index contributed by atoms with van der Waals surface area (Å²) >= 11 is 0. The molecule has 4 fully saturated rings. The van der Waals surface area contributed by atoms with Crippen LogP contribution < -0.4 is 0 Å². The van der Waals surface area contributed by atoms with Crippen LogP contribution in [0.3, 0.4) is 0 Å². The number of rotatable bonds is 3. The van der Waals surface area contributed by atoms with Gasteiger partial charge in [0.15, 0.2) is 0 Å². The van der Waals surface area contributed by atoms with Gasteiger partial charge in [-0.2, -0.15) is 0 Å². The van der Waals surface area contributed by atoms with Crippen molar-refractivity contribution in [1.29, 1.82) is 0 Å². The number of ether oxygens (including phenoxy) is 3. The van der Waals surface area contributed by atoms with E-state index in [2.05, 4.69) is 6.58 Å². The number of aliphatic hydroxyl groups is 1. The number of carbonyl (C=O) groups is 3. The number of methoxy groups -OCH3 is 3. The first-order chi connectivity index (χ1) is 14.1. The van der Waals surface area contributed by atoms with Crippen LogP contribution in [0.25, 0.3) is 0 Å². The van der Waals surface area contributed by atoms with Crippen LogP contribution in [0.1, 0.15) is 45.4 Å². The minimum absolute atomic E-state index is 0.140. The lowest BCUT2D eigenvalue weighted by molar-refractivity contribution is -0.196. The van der Waals surface area contributed by atoms with Crippen molar-refractivity contribution in [2.45, 2.75) is 51.6 Å². The van der Waals surface area contributed by atoms with E-state index in [-0.39, 0.29) is 12.3 Å². The van der Waals surface area contributed by atoms with Gasteiger partial charge < -0.3 is 19.3 Å². The van der Waals surface area contributed by atoms with Crippen LogP contribution in [-0.4, -0.2) is 50.4 Å². The van der Waals surface area contributed by atoms with E-state index < -0.39 is 52.1 Å². The lowest BCUT2D eigenvalue weighted by atomic mass is 9.51. The summed E-state index contributed by atoms with van der Waals surface area (Å²) in [6.45, 7) is 5.91. The average molecular weight is 421 g/mol. The van der Waals surface area contributed by atoms with Crippen molar-refractivity contribution in [3.8, 4) is 0 Å². The van der Waals surface area contributed by atoms with E-state index in [1.165, 1.54) is 21.3 Å². The second-order valence-electron chi connectivity index (χ2n) is 9.94. The van der Waals surface area contributed by atoms with Crippen molar-refractivity contribution in [3.63, 3.8) is 0 Å². The van der Waals surface area contributed by atoms with Crippen molar-refractivity contribution in [3.05, 3.63) is 12.2 Å². The van der Waals surface area contributed by atoms with Gasteiger partial charge in [0.1, 0.15) is 0 Å². The van der Waals surface area contributed by atoms with E-state index in [0.717, 1.165) is 24.8 Å². The molecular weight excluding hydrogens is 388 g/mol. The zero-order chi connectivity index (χ0) is 22.1. The van der Waals surface area contributed by atoms with Crippen LogP contribution >= 0.6 is 0 Å². The fraction of sp³-hybridized carbons (Fsp3) is 0.783. The summed E-state index contributed by atoms with van der Waals surface area (Å²) in [4.78, 5) is 40.0. The van der Waals surface area contributed by atoms with Gasteiger partial charge in [-0.1, -0.05) is 12.2 Å². The third-order valence-electron chi connectivity index (χ3n) is 9.20. The zero-order valence-electron chi connectivity index (χ0n) is 18.2. The van der Waals surface area contributed by atoms with E-state index in [9.17, 15) is 19.5 Å². The van der Waals surface area contributed by atoms with Crippen molar-refractivity contribution in [1.82, 2.24) is 0 Å². The molecule has 4 aliphatic rings. The van der Waals surface area contributed by atoms with E-state index in [0.29, 0.717) is 18.8 Å². The molecule has 1 N–H and O–H groups in total. The van der Waals surface area contributed by atoms with Crippen LogP contribution in [0.15, 0.2) is 12.2 Å². The summed E-state index contributed by atoms with van der Waals surface area (Å²) in [5.74, 6) is -2.76. The van der Waals surface area contributed by atoms with Crippen LogP contribution in [0.5, 0.6) is 0 Å². The SMILES string of the molecule is C=C1C[C@]23C[C@H]1CC[C@H]2[C@]1(C(=O)OC)CC[C@H](O)[C@@](C)(C(=O)OC)[C@H]1[C@@H]3C(=O)OC. The monoisotopic (exact) mass is 420 g/mol. The normalized spacial score (nSPS) is 46.6. The first-order valence-corrected chi connectivity index (χ1v) is 10.8. The van der Waals surface area contributed by atoms with E-state index in [1.807, 2.05) is 0 Å². The molecule has 0 aromatic carbocycles. The van der Waals surface area contributed by atoms with Gasteiger partial charge in [-0.05, 0) is 62.7 Å². The maximum absolute atomic E-state index is 13.5. The fourth-order valence-corrected chi connectivity index (χ4v) is 8.18. The Morgan fingerprint density at radius 2 is 1.70 bits per heavy atom. The maximum atomic E-state index is 13.5. The highest BCUT2D eigenvalue weighted by molar-refractivity contribution is 5.88. The molecule has 0 aliphatic heterocycles. The molecule has 4 rings (SSSR count). The van der Waals surface area contributed by atoms with Crippen molar-refractivity contribution >= 4 is 17.9 Å². The Kier molecular flexibility index (Phi) is 4.84. The Morgan fingerprint density at radius 1 is 1.03 bits per heavy atom. The van der Waals surface area contributed by atoms with E-state index in [4.69, 9.17) is 14.2 Å². The Labute approximate surface area is 177 Å². The number of carbonyl (C=O) groups excluding carboxylic acids is 3. The molecule has 0 heterocycles. The number of allylic oxidation sites excluding steroid dienone is 1. The molecule has 0 saturated heterocycles. The Hall–Kier alpha value is -1.89. The predicted molar refractivity (Wildman–Crippen MR) is 106 cm³/mol. The summed E-state index contributed by atoms with van der Waals surface area (Å²) < 4.78 is 15.7. The summed E-state index contributed by atoms with van der Waals surface area (Å²) in [5, 5.41) is 11.0. The lowest BCUT2D eigenvalue weighted by Crippen LogP contribution is -2.61. The van der Waals surface area contributed by atoms with Gasteiger partial charge in [-0.15, -0.1) is 0 Å².